The number of nitrogens with one attached hydrogen (secondary N) is 2. The summed E-state index contributed by atoms with van der Waals surface area (Å²) in [5.41, 5.74) is -0.678. The van der Waals surface area contributed by atoms with Crippen molar-refractivity contribution in [3.63, 3.8) is 0 Å². The fourth-order valence-corrected chi connectivity index (χ4v) is 2.69. The number of hydrogen-bond acceptors (Lipinski definition) is 7. The van der Waals surface area contributed by atoms with Gasteiger partial charge in [-0.1, -0.05) is 30.3 Å². The van der Waals surface area contributed by atoms with Crippen LogP contribution in [0.2, 0.25) is 0 Å². The third-order valence-corrected chi connectivity index (χ3v) is 4.08. The minimum absolute atomic E-state index is 0.114. The van der Waals surface area contributed by atoms with E-state index in [0.29, 0.717) is 0 Å². The van der Waals surface area contributed by atoms with Crippen molar-refractivity contribution in [1.29, 1.82) is 0 Å². The third kappa shape index (κ3) is 12.8. The molecule has 0 unspecified atom stereocenters. The highest BCUT2D eigenvalue weighted by atomic mass is 16.6. The van der Waals surface area contributed by atoms with Crippen LogP contribution in [-0.2, 0) is 35.2 Å². The zero-order chi connectivity index (χ0) is 25.9. The Labute approximate surface area is 200 Å². The number of aliphatic carboxylic acids is 1. The molecule has 0 aliphatic heterocycles. The Hall–Kier alpha value is -3.14. The lowest BCUT2D eigenvalue weighted by Gasteiger charge is -2.25. The van der Waals surface area contributed by atoms with Crippen LogP contribution in [0, 0.1) is 0 Å². The summed E-state index contributed by atoms with van der Waals surface area (Å²) in [6.45, 7) is 9.98. The molecule has 0 aliphatic rings. The summed E-state index contributed by atoms with van der Waals surface area (Å²) in [5.74, 6) is -2.65. The minimum atomic E-state index is -1.36. The molecule has 1 aromatic carbocycles. The van der Waals surface area contributed by atoms with Gasteiger partial charge in [0.2, 0.25) is 5.91 Å². The van der Waals surface area contributed by atoms with Gasteiger partial charge in [-0.15, -0.1) is 0 Å². The Morgan fingerprint density at radius 1 is 0.882 bits per heavy atom. The van der Waals surface area contributed by atoms with Gasteiger partial charge in [-0.3, -0.25) is 9.59 Å². The van der Waals surface area contributed by atoms with Gasteiger partial charge in [-0.05, 0) is 53.5 Å². The van der Waals surface area contributed by atoms with E-state index in [1.807, 2.05) is 30.3 Å². The van der Waals surface area contributed by atoms with Crippen LogP contribution in [0.1, 0.15) is 59.9 Å². The van der Waals surface area contributed by atoms with Crippen molar-refractivity contribution in [3.05, 3.63) is 35.9 Å². The summed E-state index contributed by atoms with van der Waals surface area (Å²) in [7, 11) is 0. The number of carboxylic acids is 1. The maximum atomic E-state index is 12.8. The number of carbonyl (C=O) groups excluding carboxylic acids is 3. The minimum Gasteiger partial charge on any atom is -0.480 e. The van der Waals surface area contributed by atoms with E-state index < -0.39 is 47.2 Å². The lowest BCUT2D eigenvalue weighted by molar-refractivity contribution is -0.155. The number of carbonyl (C=O) groups is 4. The van der Waals surface area contributed by atoms with Gasteiger partial charge < -0.3 is 30.0 Å². The number of alkyl carbamates (subject to hydrolysis) is 1. The molecule has 0 radical (unpaired) electrons. The van der Waals surface area contributed by atoms with Crippen LogP contribution in [0.25, 0.3) is 0 Å². The highest BCUT2D eigenvalue weighted by Crippen LogP contribution is 2.12. The molecule has 0 fully saturated rings. The molecule has 34 heavy (non-hydrogen) atoms. The first-order valence-electron chi connectivity index (χ1n) is 11.0. The topological polar surface area (TPSA) is 140 Å². The van der Waals surface area contributed by atoms with E-state index in [2.05, 4.69) is 10.6 Å². The molecule has 0 aromatic heterocycles. The van der Waals surface area contributed by atoms with Crippen LogP contribution < -0.4 is 10.6 Å². The smallest absolute Gasteiger partial charge is 0.408 e. The first kappa shape index (κ1) is 28.9. The van der Waals surface area contributed by atoms with Crippen molar-refractivity contribution >= 4 is 23.9 Å². The Balaban J connectivity index is 2.81. The van der Waals surface area contributed by atoms with Crippen molar-refractivity contribution in [1.82, 2.24) is 10.6 Å². The highest BCUT2D eigenvalue weighted by Gasteiger charge is 2.29. The molecule has 0 saturated heterocycles. The summed E-state index contributed by atoms with van der Waals surface area (Å²) in [6, 6.07) is 6.56. The summed E-state index contributed by atoms with van der Waals surface area (Å²) in [5, 5.41) is 14.3. The van der Waals surface area contributed by atoms with Gasteiger partial charge in [0, 0.05) is 6.42 Å². The summed E-state index contributed by atoms with van der Waals surface area (Å²) in [6.07, 6.45) is -1.16. The normalized spacial score (nSPS) is 13.4. The highest BCUT2D eigenvalue weighted by molar-refractivity contribution is 5.89. The maximum Gasteiger partial charge on any atom is 0.408 e. The predicted octanol–water partition coefficient (Wildman–Crippen LogP) is 2.79. The Morgan fingerprint density at radius 2 is 1.47 bits per heavy atom. The summed E-state index contributed by atoms with van der Waals surface area (Å²) >= 11 is 0. The lowest BCUT2D eigenvalue weighted by Crippen LogP contribution is -2.53. The number of amides is 2. The molecule has 0 heterocycles. The van der Waals surface area contributed by atoms with E-state index in [1.165, 1.54) is 0 Å². The molecule has 10 nitrogen and oxygen atoms in total. The molecular formula is C24H36N2O8. The van der Waals surface area contributed by atoms with Crippen LogP contribution in [0.5, 0.6) is 0 Å². The molecule has 1 rings (SSSR count). The average molecular weight is 481 g/mol. The second-order valence-corrected chi connectivity index (χ2v) is 9.72. The molecule has 10 heteroatoms. The Bertz CT molecular complexity index is 828. The molecule has 3 N–H and O–H groups in total. The van der Waals surface area contributed by atoms with Gasteiger partial charge in [-0.25, -0.2) is 9.59 Å². The van der Waals surface area contributed by atoms with Crippen molar-refractivity contribution in [2.24, 2.45) is 0 Å². The van der Waals surface area contributed by atoms with Gasteiger partial charge in [-0.2, -0.15) is 0 Å². The van der Waals surface area contributed by atoms with Crippen LogP contribution in [0.4, 0.5) is 4.79 Å². The molecule has 0 aliphatic carbocycles. The Morgan fingerprint density at radius 3 is 2.00 bits per heavy atom. The molecule has 190 valence electrons. The van der Waals surface area contributed by atoms with E-state index in [1.54, 1.807) is 41.5 Å². The predicted molar refractivity (Wildman–Crippen MR) is 124 cm³/mol. The standard InChI is InChI=1S/C24H36N2O8/c1-23(2,3)33-19(27)13-12-17(26-22(31)34-24(4,5)6)20(28)25-18(21(29)30)15-32-14-16-10-8-7-9-11-16/h7-11,17-18H,12-15H2,1-6H3,(H,25,28)(H,26,31)(H,29,30)/t17-,18+/m0/s1. The van der Waals surface area contributed by atoms with Gasteiger partial charge in [0.25, 0.3) is 0 Å². The zero-order valence-corrected chi connectivity index (χ0v) is 20.7. The SMILES string of the molecule is CC(C)(C)OC(=O)CC[C@H](NC(=O)OC(C)(C)C)C(=O)N[C@H](COCc1ccccc1)C(=O)O. The number of carboxylic acid groups (broad SMARTS) is 1. The Kier molecular flexibility index (Phi) is 11.0. The van der Waals surface area contributed by atoms with Gasteiger partial charge in [0.05, 0.1) is 13.2 Å². The number of hydrogen-bond donors (Lipinski definition) is 3. The van der Waals surface area contributed by atoms with Crippen LogP contribution in [-0.4, -0.2) is 58.9 Å². The zero-order valence-electron chi connectivity index (χ0n) is 20.7. The molecule has 0 bridgehead atoms. The lowest BCUT2D eigenvalue weighted by atomic mass is 10.1. The van der Waals surface area contributed by atoms with E-state index in [-0.39, 0.29) is 26.1 Å². The van der Waals surface area contributed by atoms with Crippen LogP contribution in [0.3, 0.4) is 0 Å². The van der Waals surface area contributed by atoms with Gasteiger partial charge in [0.1, 0.15) is 17.2 Å². The second-order valence-electron chi connectivity index (χ2n) is 9.72. The molecule has 2 amide bonds. The maximum absolute atomic E-state index is 12.8. The average Bonchev–Trinajstić information content (AvgIpc) is 2.68. The first-order chi connectivity index (χ1) is 15.7. The fourth-order valence-electron chi connectivity index (χ4n) is 2.69. The van der Waals surface area contributed by atoms with Crippen molar-refractivity contribution < 1.29 is 38.5 Å². The van der Waals surface area contributed by atoms with Crippen molar-refractivity contribution in [2.75, 3.05) is 6.61 Å². The van der Waals surface area contributed by atoms with E-state index in [0.717, 1.165) is 5.56 Å². The molecule has 0 saturated carbocycles. The third-order valence-electron chi connectivity index (χ3n) is 4.08. The van der Waals surface area contributed by atoms with E-state index >= 15 is 0 Å². The number of rotatable bonds is 11. The monoisotopic (exact) mass is 480 g/mol. The molecule has 1 aromatic rings. The van der Waals surface area contributed by atoms with Gasteiger partial charge >= 0.3 is 18.0 Å². The molecule has 2 atom stereocenters. The molecule has 0 spiro atoms. The van der Waals surface area contributed by atoms with Gasteiger partial charge in [0.15, 0.2) is 6.04 Å². The van der Waals surface area contributed by atoms with Crippen LogP contribution in [0.15, 0.2) is 30.3 Å². The van der Waals surface area contributed by atoms with E-state index in [9.17, 15) is 24.3 Å². The largest absolute Gasteiger partial charge is 0.480 e. The molecular weight excluding hydrogens is 444 g/mol. The fraction of sp³-hybridized carbons (Fsp3) is 0.583. The number of ether oxygens (including phenoxy) is 3. The first-order valence-corrected chi connectivity index (χ1v) is 11.0. The quantitative estimate of drug-likeness (QED) is 0.411. The number of esters is 1. The second kappa shape index (κ2) is 12.9. The van der Waals surface area contributed by atoms with Crippen molar-refractivity contribution in [2.45, 2.75) is 84.3 Å². The summed E-state index contributed by atoms with van der Waals surface area (Å²) < 4.78 is 15.9. The van der Waals surface area contributed by atoms with Crippen LogP contribution >= 0.6 is 0 Å². The van der Waals surface area contributed by atoms with E-state index in [4.69, 9.17) is 14.2 Å². The number of benzene rings is 1. The van der Waals surface area contributed by atoms with Crippen molar-refractivity contribution in [3.8, 4) is 0 Å². The summed E-state index contributed by atoms with van der Waals surface area (Å²) in [4.78, 5) is 48.8.